The van der Waals surface area contributed by atoms with Gasteiger partial charge in [0, 0.05) is 23.5 Å². The van der Waals surface area contributed by atoms with Crippen LogP contribution >= 0.6 is 0 Å². The van der Waals surface area contributed by atoms with Gasteiger partial charge in [-0.15, -0.1) is 0 Å². The van der Waals surface area contributed by atoms with Gasteiger partial charge in [-0.25, -0.2) is 0 Å². The Bertz CT molecular complexity index is 709. The standard InChI is InChI=1S/C17H22N4O/c1-10-3-6-14-15(7-10)19-20-16(14)17(22)18-11-8-12-4-5-13(9-11)21(12)2/h3,6-7,11-13H,4-5,8-9H2,1-2H3,(H,18,22)(H,19,20). The smallest absolute Gasteiger partial charge is 0.272 e. The van der Waals surface area contributed by atoms with Crippen molar-refractivity contribution in [1.29, 1.82) is 0 Å². The van der Waals surface area contributed by atoms with Crippen LogP contribution in [-0.4, -0.2) is 46.2 Å². The van der Waals surface area contributed by atoms with Gasteiger partial charge in [0.05, 0.1) is 5.52 Å². The number of rotatable bonds is 2. The van der Waals surface area contributed by atoms with E-state index in [0.717, 1.165) is 29.3 Å². The number of carbonyl (C=O) groups excluding carboxylic acids is 1. The van der Waals surface area contributed by atoms with Crippen LogP contribution in [0.25, 0.3) is 10.9 Å². The molecule has 2 bridgehead atoms. The molecule has 2 atom stereocenters. The number of fused-ring (bicyclic) bond motifs is 3. The molecule has 22 heavy (non-hydrogen) atoms. The first-order valence-corrected chi connectivity index (χ1v) is 8.09. The molecular formula is C17H22N4O. The highest BCUT2D eigenvalue weighted by Gasteiger charge is 2.39. The van der Waals surface area contributed by atoms with Gasteiger partial charge in [0.15, 0.2) is 5.69 Å². The van der Waals surface area contributed by atoms with Crippen LogP contribution in [0.15, 0.2) is 18.2 Å². The molecule has 1 aromatic heterocycles. The van der Waals surface area contributed by atoms with Crippen LogP contribution in [0, 0.1) is 6.92 Å². The predicted molar refractivity (Wildman–Crippen MR) is 85.9 cm³/mol. The summed E-state index contributed by atoms with van der Waals surface area (Å²) in [5, 5.41) is 11.3. The number of hydrogen-bond acceptors (Lipinski definition) is 3. The molecule has 5 heteroatoms. The van der Waals surface area contributed by atoms with Crippen molar-refractivity contribution in [3.05, 3.63) is 29.5 Å². The lowest BCUT2D eigenvalue weighted by atomic mass is 9.98. The minimum Gasteiger partial charge on any atom is -0.348 e. The topological polar surface area (TPSA) is 61.0 Å². The van der Waals surface area contributed by atoms with Gasteiger partial charge in [-0.1, -0.05) is 12.1 Å². The quantitative estimate of drug-likeness (QED) is 0.894. The Hall–Kier alpha value is -1.88. The number of hydrogen-bond donors (Lipinski definition) is 2. The summed E-state index contributed by atoms with van der Waals surface area (Å²) in [5.74, 6) is -0.0518. The molecule has 0 saturated carbocycles. The largest absolute Gasteiger partial charge is 0.348 e. The number of nitrogens with zero attached hydrogens (tertiary/aromatic N) is 2. The summed E-state index contributed by atoms with van der Waals surface area (Å²) >= 11 is 0. The van der Waals surface area contributed by atoms with Crippen LogP contribution in [0.2, 0.25) is 0 Å². The SMILES string of the molecule is Cc1ccc2c(C(=O)NC3CC4CCC(C3)N4C)n[nH]c2c1. The molecule has 2 saturated heterocycles. The first-order chi connectivity index (χ1) is 10.6. The minimum atomic E-state index is -0.0518. The van der Waals surface area contributed by atoms with E-state index in [9.17, 15) is 4.79 Å². The molecule has 1 aromatic carbocycles. The van der Waals surface area contributed by atoms with Crippen molar-refractivity contribution >= 4 is 16.8 Å². The third kappa shape index (κ3) is 2.20. The second-order valence-electron chi connectivity index (χ2n) is 6.81. The third-order valence-electron chi connectivity index (χ3n) is 5.37. The fraction of sp³-hybridized carbons (Fsp3) is 0.529. The molecule has 2 unspecified atom stereocenters. The van der Waals surface area contributed by atoms with Crippen LogP contribution in [0.3, 0.4) is 0 Å². The van der Waals surface area contributed by atoms with E-state index in [-0.39, 0.29) is 11.9 Å². The van der Waals surface area contributed by atoms with Crippen molar-refractivity contribution in [2.45, 2.75) is 50.7 Å². The Balaban J connectivity index is 1.52. The first kappa shape index (κ1) is 13.8. The molecule has 2 aromatic rings. The van der Waals surface area contributed by atoms with Gasteiger partial charge >= 0.3 is 0 Å². The fourth-order valence-corrected chi connectivity index (χ4v) is 4.09. The number of aromatic nitrogens is 2. The molecule has 116 valence electrons. The molecule has 0 aliphatic carbocycles. The van der Waals surface area contributed by atoms with Crippen molar-refractivity contribution in [3.8, 4) is 0 Å². The number of aryl methyl sites for hydroxylation is 1. The number of carbonyl (C=O) groups is 1. The van der Waals surface area contributed by atoms with E-state index >= 15 is 0 Å². The van der Waals surface area contributed by atoms with E-state index in [4.69, 9.17) is 0 Å². The molecule has 2 fully saturated rings. The summed E-state index contributed by atoms with van der Waals surface area (Å²) in [5.41, 5.74) is 2.60. The van der Waals surface area contributed by atoms with Crippen molar-refractivity contribution < 1.29 is 4.79 Å². The third-order valence-corrected chi connectivity index (χ3v) is 5.37. The minimum absolute atomic E-state index is 0.0518. The summed E-state index contributed by atoms with van der Waals surface area (Å²) in [6.45, 7) is 2.04. The van der Waals surface area contributed by atoms with Crippen molar-refractivity contribution in [2.75, 3.05) is 7.05 Å². The van der Waals surface area contributed by atoms with Gasteiger partial charge in [0.25, 0.3) is 5.91 Å². The molecule has 0 spiro atoms. The van der Waals surface area contributed by atoms with Crippen LogP contribution in [-0.2, 0) is 0 Å². The summed E-state index contributed by atoms with van der Waals surface area (Å²) in [7, 11) is 2.21. The lowest BCUT2D eigenvalue weighted by Crippen LogP contribution is -2.48. The van der Waals surface area contributed by atoms with Gasteiger partial charge in [0.1, 0.15) is 0 Å². The van der Waals surface area contributed by atoms with E-state index in [0.29, 0.717) is 17.8 Å². The van der Waals surface area contributed by atoms with Crippen LogP contribution in [0.4, 0.5) is 0 Å². The molecule has 0 radical (unpaired) electrons. The van der Waals surface area contributed by atoms with E-state index in [1.165, 1.54) is 12.8 Å². The van der Waals surface area contributed by atoms with E-state index in [1.807, 2.05) is 25.1 Å². The van der Waals surface area contributed by atoms with Crippen LogP contribution < -0.4 is 5.32 Å². The number of piperidine rings is 1. The molecule has 2 N–H and O–H groups in total. The molecule has 5 nitrogen and oxygen atoms in total. The van der Waals surface area contributed by atoms with Gasteiger partial charge in [-0.05, 0) is 51.3 Å². The highest BCUT2D eigenvalue weighted by atomic mass is 16.2. The molecule has 3 heterocycles. The maximum absolute atomic E-state index is 12.6. The Labute approximate surface area is 130 Å². The monoisotopic (exact) mass is 298 g/mol. The Morgan fingerprint density at radius 3 is 2.77 bits per heavy atom. The lowest BCUT2D eigenvalue weighted by Gasteiger charge is -2.36. The normalized spacial score (nSPS) is 28.2. The summed E-state index contributed by atoms with van der Waals surface area (Å²) in [6, 6.07) is 7.55. The highest BCUT2D eigenvalue weighted by Crippen LogP contribution is 2.34. The number of benzene rings is 1. The zero-order valence-corrected chi connectivity index (χ0v) is 13.1. The van der Waals surface area contributed by atoms with Crippen molar-refractivity contribution in [3.63, 3.8) is 0 Å². The summed E-state index contributed by atoms with van der Waals surface area (Å²) < 4.78 is 0. The zero-order chi connectivity index (χ0) is 15.3. The van der Waals surface area contributed by atoms with E-state index < -0.39 is 0 Å². The Morgan fingerprint density at radius 2 is 2.05 bits per heavy atom. The molecule has 2 aliphatic heterocycles. The van der Waals surface area contributed by atoms with Gasteiger partial charge in [-0.2, -0.15) is 5.10 Å². The average Bonchev–Trinajstić information content (AvgIpc) is 2.97. The number of aromatic amines is 1. The first-order valence-electron chi connectivity index (χ1n) is 8.09. The second kappa shape index (κ2) is 5.09. The van der Waals surface area contributed by atoms with Crippen LogP contribution in [0.5, 0.6) is 0 Å². The predicted octanol–water partition coefficient (Wildman–Crippen LogP) is 2.23. The van der Waals surface area contributed by atoms with Gasteiger partial charge in [0.2, 0.25) is 0 Å². The molecule has 1 amide bonds. The van der Waals surface area contributed by atoms with E-state index in [2.05, 4.69) is 27.5 Å². The molecule has 4 rings (SSSR count). The molecular weight excluding hydrogens is 276 g/mol. The second-order valence-corrected chi connectivity index (χ2v) is 6.81. The van der Waals surface area contributed by atoms with Gasteiger partial charge in [-0.3, -0.25) is 9.89 Å². The Morgan fingerprint density at radius 1 is 1.32 bits per heavy atom. The lowest BCUT2D eigenvalue weighted by molar-refractivity contribution is 0.0879. The number of H-pyrrole nitrogens is 1. The van der Waals surface area contributed by atoms with Gasteiger partial charge < -0.3 is 10.2 Å². The maximum Gasteiger partial charge on any atom is 0.272 e. The van der Waals surface area contributed by atoms with Crippen LogP contribution in [0.1, 0.15) is 41.7 Å². The fourth-order valence-electron chi connectivity index (χ4n) is 4.09. The average molecular weight is 298 g/mol. The van der Waals surface area contributed by atoms with E-state index in [1.54, 1.807) is 0 Å². The summed E-state index contributed by atoms with van der Waals surface area (Å²) in [6.07, 6.45) is 4.64. The highest BCUT2D eigenvalue weighted by molar-refractivity contribution is 6.04. The number of nitrogens with one attached hydrogen (secondary N) is 2. The number of amides is 1. The zero-order valence-electron chi connectivity index (χ0n) is 13.1. The summed E-state index contributed by atoms with van der Waals surface area (Å²) in [4.78, 5) is 15.1. The maximum atomic E-state index is 12.6. The van der Waals surface area contributed by atoms with Crippen molar-refractivity contribution in [2.24, 2.45) is 0 Å². The van der Waals surface area contributed by atoms with Crippen molar-refractivity contribution in [1.82, 2.24) is 20.4 Å². The molecule has 2 aliphatic rings. The Kier molecular flexibility index (Phi) is 3.18.